The van der Waals surface area contributed by atoms with Crippen molar-refractivity contribution in [3.05, 3.63) is 57.6 Å². The van der Waals surface area contributed by atoms with Crippen LogP contribution in [0.3, 0.4) is 0 Å². The third kappa shape index (κ3) is 13.5. The third-order valence-corrected chi connectivity index (χ3v) is 5.41. The van der Waals surface area contributed by atoms with Crippen LogP contribution in [-0.2, 0) is 34.8 Å². The van der Waals surface area contributed by atoms with E-state index in [9.17, 15) is 10.2 Å². The maximum absolute atomic E-state index is 12.4. The molecule has 0 N–H and O–H groups in total. The maximum Gasteiger partial charge on any atom is 4.00 e. The van der Waals surface area contributed by atoms with Crippen molar-refractivity contribution in [3.63, 3.8) is 0 Å². The van der Waals surface area contributed by atoms with Crippen molar-refractivity contribution >= 4 is 0 Å². The molecule has 0 aliphatic rings. The SMILES string of the molecule is CCN(CCN(CC)Cc1cc(C)cc(C)c1[O-])Cc1cc(C)cc(C)c1[O-].CC[O-].CC[O-].[Ti+4]. The molecule has 7 heteroatoms. The molecule has 0 spiro atoms. The van der Waals surface area contributed by atoms with Crippen molar-refractivity contribution in [2.24, 2.45) is 0 Å². The van der Waals surface area contributed by atoms with Gasteiger partial charge in [0.15, 0.2) is 0 Å². The largest absolute Gasteiger partial charge is 4.00 e. The fourth-order valence-electron chi connectivity index (χ4n) is 3.78. The Bertz CT molecular complexity index is 777. The molecule has 0 amide bonds. The normalized spacial score (nSPS) is 10.3. The molecule has 0 unspecified atom stereocenters. The van der Waals surface area contributed by atoms with Crippen LogP contribution in [0.25, 0.3) is 0 Å². The summed E-state index contributed by atoms with van der Waals surface area (Å²) in [6.07, 6.45) is 0. The Balaban J connectivity index is 0. The monoisotopic (exact) mass is 520 g/mol. The summed E-state index contributed by atoms with van der Waals surface area (Å²) in [7, 11) is 0. The molecule has 0 bridgehead atoms. The third-order valence-electron chi connectivity index (χ3n) is 5.41. The van der Waals surface area contributed by atoms with Crippen LogP contribution in [0.2, 0.25) is 0 Å². The van der Waals surface area contributed by atoms with Gasteiger partial charge in [-0.2, -0.15) is 0 Å². The zero-order valence-electron chi connectivity index (χ0n) is 23.0. The van der Waals surface area contributed by atoms with Gasteiger partial charge in [-0.25, -0.2) is 0 Å². The molecule has 35 heavy (non-hydrogen) atoms. The van der Waals surface area contributed by atoms with Crippen molar-refractivity contribution < 1.29 is 42.1 Å². The summed E-state index contributed by atoms with van der Waals surface area (Å²) in [5.74, 6) is 0.310. The molecule has 2 rings (SSSR count). The average Bonchev–Trinajstić information content (AvgIpc) is 2.77. The van der Waals surface area contributed by atoms with E-state index in [1.54, 1.807) is 13.8 Å². The molecule has 0 saturated carbocycles. The van der Waals surface area contributed by atoms with E-state index >= 15 is 0 Å². The van der Waals surface area contributed by atoms with Crippen molar-refractivity contribution in [1.82, 2.24) is 9.80 Å². The molecule has 194 valence electrons. The van der Waals surface area contributed by atoms with E-state index in [4.69, 9.17) is 10.2 Å². The number of hydrogen-bond donors (Lipinski definition) is 0. The van der Waals surface area contributed by atoms with E-state index in [2.05, 4.69) is 23.6 Å². The molecular formula is C28H44N2O4Ti. The zero-order valence-corrected chi connectivity index (χ0v) is 24.6. The van der Waals surface area contributed by atoms with Gasteiger partial charge >= 0.3 is 21.7 Å². The molecular weight excluding hydrogens is 476 g/mol. The van der Waals surface area contributed by atoms with Gasteiger partial charge < -0.3 is 20.4 Å². The van der Waals surface area contributed by atoms with Gasteiger partial charge in [0.25, 0.3) is 0 Å². The number of benzene rings is 2. The quantitative estimate of drug-likeness (QED) is 0.470. The molecule has 0 atom stereocenters. The van der Waals surface area contributed by atoms with Gasteiger partial charge in [-0.15, -0.1) is 24.7 Å². The minimum atomic E-state index is 0. The minimum absolute atomic E-state index is 0. The fraction of sp³-hybridized carbons (Fsp3) is 0.571. The number of rotatable bonds is 9. The Morgan fingerprint density at radius 2 is 0.886 bits per heavy atom. The van der Waals surface area contributed by atoms with E-state index in [0.717, 1.165) is 59.6 Å². The van der Waals surface area contributed by atoms with Gasteiger partial charge in [0.05, 0.1) is 0 Å². The first-order chi connectivity index (χ1) is 16.1. The predicted molar refractivity (Wildman–Crippen MR) is 134 cm³/mol. The van der Waals surface area contributed by atoms with Gasteiger partial charge in [-0.05, 0) is 51.9 Å². The first-order valence-corrected chi connectivity index (χ1v) is 12.2. The number of likely N-dealkylation sites (N-methyl/N-ethyl adjacent to an activating group) is 2. The van der Waals surface area contributed by atoms with Gasteiger partial charge in [0, 0.05) is 26.2 Å². The maximum atomic E-state index is 12.4. The van der Waals surface area contributed by atoms with E-state index in [1.165, 1.54) is 0 Å². The van der Waals surface area contributed by atoms with E-state index in [0.29, 0.717) is 13.1 Å². The van der Waals surface area contributed by atoms with E-state index < -0.39 is 0 Å². The van der Waals surface area contributed by atoms with Gasteiger partial charge in [0.1, 0.15) is 0 Å². The van der Waals surface area contributed by atoms with E-state index in [-0.39, 0.29) is 46.4 Å². The van der Waals surface area contributed by atoms with Gasteiger partial charge in [-0.1, -0.05) is 74.2 Å². The van der Waals surface area contributed by atoms with Crippen molar-refractivity contribution in [1.29, 1.82) is 0 Å². The van der Waals surface area contributed by atoms with Crippen molar-refractivity contribution in [2.45, 2.75) is 68.5 Å². The minimum Gasteiger partial charge on any atom is -0.872 e. The number of hydrogen-bond acceptors (Lipinski definition) is 6. The smallest absolute Gasteiger partial charge is 0.872 e. The second-order valence-corrected chi connectivity index (χ2v) is 8.46. The van der Waals surface area contributed by atoms with Crippen LogP contribution < -0.4 is 20.4 Å². The van der Waals surface area contributed by atoms with E-state index in [1.807, 2.05) is 52.0 Å². The van der Waals surface area contributed by atoms with Crippen molar-refractivity contribution in [3.8, 4) is 11.5 Å². The fourth-order valence-corrected chi connectivity index (χ4v) is 3.78. The standard InChI is InChI=1S/C24H36N2O2.2C2H5O.Ti/c1-7-25(15-21-13-17(3)11-19(5)23(21)27)9-10-26(8-2)16-22-14-18(4)12-20(6)24(22)28;2*1-2-3;/h11-14,27-28H,7-10,15-16H2,1-6H3;2*2H2,1H3;/q;2*-1;+4/p-2. The molecule has 0 heterocycles. The van der Waals surface area contributed by atoms with Crippen molar-refractivity contribution in [2.75, 3.05) is 39.4 Å². The van der Waals surface area contributed by atoms with Crippen LogP contribution in [0.15, 0.2) is 24.3 Å². The molecule has 0 aliphatic carbocycles. The Kier molecular flexibility index (Phi) is 20.2. The number of nitrogens with zero attached hydrogens (tertiary/aromatic N) is 2. The summed E-state index contributed by atoms with van der Waals surface area (Å²) in [6.45, 7) is 20.1. The molecule has 6 nitrogen and oxygen atoms in total. The summed E-state index contributed by atoms with van der Waals surface area (Å²) in [5, 5.41) is 42.7. The molecule has 0 aromatic heterocycles. The van der Waals surface area contributed by atoms with Gasteiger partial charge in [0.2, 0.25) is 0 Å². The van der Waals surface area contributed by atoms with Crippen LogP contribution in [0.5, 0.6) is 11.5 Å². The van der Waals surface area contributed by atoms with Crippen LogP contribution in [0.1, 0.15) is 61.1 Å². The summed E-state index contributed by atoms with van der Waals surface area (Å²) in [5.41, 5.74) is 5.66. The summed E-state index contributed by atoms with van der Waals surface area (Å²) >= 11 is 0. The first-order valence-electron chi connectivity index (χ1n) is 12.2. The van der Waals surface area contributed by atoms with Crippen LogP contribution in [-0.4, -0.2) is 49.2 Å². The molecule has 0 aliphatic heterocycles. The van der Waals surface area contributed by atoms with Crippen LogP contribution >= 0.6 is 0 Å². The molecule has 2 aromatic carbocycles. The first kappa shape index (κ1) is 35.8. The zero-order chi connectivity index (χ0) is 26.3. The topological polar surface area (TPSA) is 98.7 Å². The average molecular weight is 521 g/mol. The van der Waals surface area contributed by atoms with Gasteiger partial charge in [-0.3, -0.25) is 9.80 Å². The Morgan fingerprint density at radius 1 is 0.600 bits per heavy atom. The predicted octanol–water partition coefficient (Wildman–Crippen LogP) is 2.14. The number of aryl methyl sites for hydroxylation is 4. The van der Waals surface area contributed by atoms with Crippen LogP contribution in [0.4, 0.5) is 0 Å². The summed E-state index contributed by atoms with van der Waals surface area (Å²) in [6, 6.07) is 7.92. The van der Waals surface area contributed by atoms with Crippen LogP contribution in [0, 0.1) is 27.7 Å². The Hall–Kier alpha value is -1.41. The second-order valence-electron chi connectivity index (χ2n) is 8.46. The molecule has 0 saturated heterocycles. The summed E-state index contributed by atoms with van der Waals surface area (Å²) in [4.78, 5) is 4.61. The molecule has 0 radical (unpaired) electrons. The molecule has 2 aromatic rings. The second kappa shape index (κ2) is 19.7. The summed E-state index contributed by atoms with van der Waals surface area (Å²) < 4.78 is 0. The Morgan fingerprint density at radius 3 is 1.14 bits per heavy atom. The Labute approximate surface area is 228 Å². The molecule has 0 fully saturated rings.